The third-order valence-corrected chi connectivity index (χ3v) is 3.32. The standard InChI is InChI=1S/C14H11Cl2NO2/c1-19-9-3-4-10(11(15)7-9)14(18)8-2-5-13(17)12(16)6-8/h2-7H,17H2,1H3. The second-order valence-corrected chi connectivity index (χ2v) is 4.73. The van der Waals surface area contributed by atoms with Gasteiger partial charge in [-0.15, -0.1) is 0 Å². The van der Waals surface area contributed by atoms with E-state index in [1.807, 2.05) is 0 Å². The van der Waals surface area contributed by atoms with Crippen LogP contribution in [0.4, 0.5) is 5.69 Å². The predicted octanol–water partition coefficient (Wildman–Crippen LogP) is 3.82. The van der Waals surface area contributed by atoms with Crippen molar-refractivity contribution >= 4 is 34.7 Å². The average Bonchev–Trinajstić information content (AvgIpc) is 2.41. The molecule has 2 N–H and O–H groups in total. The molecule has 2 aromatic rings. The van der Waals surface area contributed by atoms with E-state index in [4.69, 9.17) is 33.7 Å². The van der Waals surface area contributed by atoms with Crippen LogP contribution in [0.1, 0.15) is 15.9 Å². The molecule has 0 atom stereocenters. The molecule has 0 saturated heterocycles. The quantitative estimate of drug-likeness (QED) is 0.692. The van der Waals surface area contributed by atoms with Gasteiger partial charge in [-0.3, -0.25) is 4.79 Å². The molecule has 0 amide bonds. The monoisotopic (exact) mass is 295 g/mol. The van der Waals surface area contributed by atoms with E-state index in [0.717, 1.165) is 0 Å². The van der Waals surface area contributed by atoms with Crippen molar-refractivity contribution in [3.05, 3.63) is 57.6 Å². The van der Waals surface area contributed by atoms with Crippen molar-refractivity contribution in [1.29, 1.82) is 0 Å². The van der Waals surface area contributed by atoms with Crippen LogP contribution in [0.2, 0.25) is 10.0 Å². The fourth-order valence-corrected chi connectivity index (χ4v) is 2.07. The van der Waals surface area contributed by atoms with Crippen molar-refractivity contribution < 1.29 is 9.53 Å². The molecule has 0 fully saturated rings. The van der Waals surface area contributed by atoms with E-state index in [9.17, 15) is 4.79 Å². The van der Waals surface area contributed by atoms with Gasteiger partial charge in [-0.25, -0.2) is 0 Å². The lowest BCUT2D eigenvalue weighted by molar-refractivity contribution is 0.103. The number of carbonyl (C=O) groups excluding carboxylic acids is 1. The predicted molar refractivity (Wildman–Crippen MR) is 77.3 cm³/mol. The van der Waals surface area contributed by atoms with Crippen molar-refractivity contribution in [2.75, 3.05) is 12.8 Å². The summed E-state index contributed by atoms with van der Waals surface area (Å²) >= 11 is 12.0. The zero-order valence-corrected chi connectivity index (χ0v) is 11.6. The number of ketones is 1. The lowest BCUT2D eigenvalue weighted by atomic mass is 10.0. The summed E-state index contributed by atoms with van der Waals surface area (Å²) in [5, 5.41) is 0.674. The van der Waals surface area contributed by atoms with E-state index in [1.165, 1.54) is 13.2 Å². The molecular formula is C14H11Cl2NO2. The summed E-state index contributed by atoms with van der Waals surface area (Å²) in [5.74, 6) is 0.381. The van der Waals surface area contributed by atoms with Gasteiger partial charge in [-0.1, -0.05) is 23.2 Å². The molecule has 5 heteroatoms. The maximum Gasteiger partial charge on any atom is 0.194 e. The van der Waals surface area contributed by atoms with Crippen LogP contribution in [0.25, 0.3) is 0 Å². The first-order valence-electron chi connectivity index (χ1n) is 5.46. The molecule has 19 heavy (non-hydrogen) atoms. The van der Waals surface area contributed by atoms with E-state index >= 15 is 0 Å². The lowest BCUT2D eigenvalue weighted by Gasteiger charge is -2.07. The van der Waals surface area contributed by atoms with Gasteiger partial charge in [0.1, 0.15) is 5.75 Å². The van der Waals surface area contributed by atoms with Gasteiger partial charge in [-0.2, -0.15) is 0 Å². The summed E-state index contributed by atoms with van der Waals surface area (Å²) < 4.78 is 5.04. The molecule has 0 unspecified atom stereocenters. The summed E-state index contributed by atoms with van der Waals surface area (Å²) in [6, 6.07) is 9.62. The smallest absolute Gasteiger partial charge is 0.194 e. The third-order valence-electron chi connectivity index (χ3n) is 2.68. The van der Waals surface area contributed by atoms with Crippen LogP contribution in [-0.4, -0.2) is 12.9 Å². The third kappa shape index (κ3) is 2.83. The molecule has 0 aliphatic carbocycles. The number of halogens is 2. The van der Waals surface area contributed by atoms with Crippen LogP contribution in [0.5, 0.6) is 5.75 Å². The molecule has 0 aromatic heterocycles. The lowest BCUT2D eigenvalue weighted by Crippen LogP contribution is -2.03. The number of methoxy groups -OCH3 is 1. The minimum absolute atomic E-state index is 0.213. The summed E-state index contributed by atoms with van der Waals surface area (Å²) in [6.07, 6.45) is 0. The van der Waals surface area contributed by atoms with E-state index < -0.39 is 0 Å². The van der Waals surface area contributed by atoms with Gasteiger partial charge in [0.05, 0.1) is 22.8 Å². The maximum absolute atomic E-state index is 12.3. The van der Waals surface area contributed by atoms with Crippen LogP contribution >= 0.6 is 23.2 Å². The Morgan fingerprint density at radius 3 is 2.42 bits per heavy atom. The highest BCUT2D eigenvalue weighted by Gasteiger charge is 2.14. The molecule has 2 rings (SSSR count). The van der Waals surface area contributed by atoms with Gasteiger partial charge in [0.15, 0.2) is 5.78 Å². The van der Waals surface area contributed by atoms with E-state index in [-0.39, 0.29) is 5.78 Å². The number of hydrogen-bond acceptors (Lipinski definition) is 3. The van der Waals surface area contributed by atoms with Crippen molar-refractivity contribution in [3.63, 3.8) is 0 Å². The normalized spacial score (nSPS) is 10.3. The van der Waals surface area contributed by atoms with Gasteiger partial charge in [0.25, 0.3) is 0 Å². The molecule has 0 radical (unpaired) electrons. The van der Waals surface area contributed by atoms with E-state index in [2.05, 4.69) is 0 Å². The molecule has 0 aliphatic heterocycles. The molecule has 0 aliphatic rings. The summed E-state index contributed by atoms with van der Waals surface area (Å²) in [7, 11) is 1.53. The Morgan fingerprint density at radius 1 is 1.11 bits per heavy atom. The van der Waals surface area contributed by atoms with Crippen molar-refractivity contribution in [2.45, 2.75) is 0 Å². The first-order chi connectivity index (χ1) is 9.02. The zero-order valence-electron chi connectivity index (χ0n) is 10.1. The maximum atomic E-state index is 12.3. The van der Waals surface area contributed by atoms with Crippen LogP contribution in [0, 0.1) is 0 Å². The molecule has 0 bridgehead atoms. The Kier molecular flexibility index (Phi) is 3.98. The van der Waals surface area contributed by atoms with Crippen LogP contribution < -0.4 is 10.5 Å². The highest BCUT2D eigenvalue weighted by molar-refractivity contribution is 6.36. The van der Waals surface area contributed by atoms with E-state index in [1.54, 1.807) is 30.3 Å². The molecule has 0 heterocycles. The highest BCUT2D eigenvalue weighted by Crippen LogP contribution is 2.26. The van der Waals surface area contributed by atoms with Crippen LogP contribution in [-0.2, 0) is 0 Å². The highest BCUT2D eigenvalue weighted by atomic mass is 35.5. The fourth-order valence-electron chi connectivity index (χ4n) is 1.63. The minimum Gasteiger partial charge on any atom is -0.497 e. The Labute approximate surface area is 120 Å². The Morgan fingerprint density at radius 2 is 1.84 bits per heavy atom. The molecular weight excluding hydrogens is 285 g/mol. The molecule has 0 spiro atoms. The van der Waals surface area contributed by atoms with Crippen LogP contribution in [0.3, 0.4) is 0 Å². The topological polar surface area (TPSA) is 52.3 Å². The average molecular weight is 296 g/mol. The van der Waals surface area contributed by atoms with Gasteiger partial charge < -0.3 is 10.5 Å². The number of nitrogens with two attached hydrogens (primary N) is 1. The van der Waals surface area contributed by atoms with Gasteiger partial charge in [0.2, 0.25) is 0 Å². The van der Waals surface area contributed by atoms with Crippen LogP contribution in [0.15, 0.2) is 36.4 Å². The van der Waals surface area contributed by atoms with Gasteiger partial charge in [0, 0.05) is 11.1 Å². The molecule has 2 aromatic carbocycles. The Balaban J connectivity index is 2.41. The number of rotatable bonds is 3. The van der Waals surface area contributed by atoms with Gasteiger partial charge in [-0.05, 0) is 36.4 Å². The second-order valence-electron chi connectivity index (χ2n) is 3.91. The fraction of sp³-hybridized carbons (Fsp3) is 0.0714. The SMILES string of the molecule is COc1ccc(C(=O)c2ccc(N)c(Cl)c2)c(Cl)c1. The molecule has 3 nitrogen and oxygen atoms in total. The largest absolute Gasteiger partial charge is 0.497 e. The number of benzene rings is 2. The molecule has 98 valence electrons. The van der Waals surface area contributed by atoms with Crippen molar-refractivity contribution in [3.8, 4) is 5.75 Å². The van der Waals surface area contributed by atoms with E-state index in [0.29, 0.717) is 32.6 Å². The second kappa shape index (κ2) is 5.51. The Bertz CT molecular complexity index is 641. The number of nitrogen functional groups attached to an aromatic ring is 1. The summed E-state index contributed by atoms with van der Waals surface area (Å²) in [5.41, 5.74) is 6.87. The first-order valence-corrected chi connectivity index (χ1v) is 6.22. The van der Waals surface area contributed by atoms with Crippen molar-refractivity contribution in [1.82, 2.24) is 0 Å². The minimum atomic E-state index is -0.213. The zero-order chi connectivity index (χ0) is 14.0. The summed E-state index contributed by atoms with van der Waals surface area (Å²) in [4.78, 5) is 12.3. The van der Waals surface area contributed by atoms with Crippen molar-refractivity contribution in [2.24, 2.45) is 0 Å². The summed E-state index contributed by atoms with van der Waals surface area (Å²) in [6.45, 7) is 0. The van der Waals surface area contributed by atoms with Gasteiger partial charge >= 0.3 is 0 Å². The number of hydrogen-bond donors (Lipinski definition) is 1. The number of ether oxygens (including phenoxy) is 1. The number of anilines is 1. The first kappa shape index (κ1) is 13.7. The Hall–Kier alpha value is -1.71. The molecule has 0 saturated carbocycles. The number of carbonyl (C=O) groups is 1.